The Kier molecular flexibility index (Phi) is 3.09. The second-order valence-electron chi connectivity index (χ2n) is 3.33. The van der Waals surface area contributed by atoms with Crippen molar-refractivity contribution >= 4 is 17.1 Å². The fraction of sp³-hybridized carbons (Fsp3) is 0. The van der Waals surface area contributed by atoms with Crippen molar-refractivity contribution in [3.05, 3.63) is 54.1 Å². The summed E-state index contributed by atoms with van der Waals surface area (Å²) in [7, 11) is 0. The van der Waals surface area contributed by atoms with Gasteiger partial charge in [0.1, 0.15) is 5.69 Å². The maximum absolute atomic E-state index is 13.2. The summed E-state index contributed by atoms with van der Waals surface area (Å²) < 4.78 is 26.5. The van der Waals surface area contributed by atoms with Gasteiger partial charge in [0, 0.05) is 0 Å². The molecule has 0 saturated heterocycles. The molecule has 0 aliphatic heterocycles. The molecule has 17 heavy (non-hydrogen) atoms. The predicted octanol–water partition coefficient (Wildman–Crippen LogP) is 3.96. The third-order valence-corrected chi connectivity index (χ3v) is 2.13. The molecule has 0 atom stereocenters. The number of nitrogens with zero attached hydrogens (tertiary/aromatic N) is 2. The van der Waals surface area contributed by atoms with E-state index >= 15 is 0 Å². The topological polar surface area (TPSA) is 50.7 Å². The first-order chi connectivity index (χ1) is 8.18. The molecule has 86 valence electrons. The Morgan fingerprint density at radius 2 is 1.47 bits per heavy atom. The van der Waals surface area contributed by atoms with Crippen LogP contribution in [0.2, 0.25) is 0 Å². The highest BCUT2D eigenvalue weighted by molar-refractivity contribution is 5.61. The van der Waals surface area contributed by atoms with Crippen molar-refractivity contribution in [1.82, 2.24) is 0 Å². The molecule has 0 fully saturated rings. The Bertz CT molecular complexity index is 547. The summed E-state index contributed by atoms with van der Waals surface area (Å²) in [5, 5.41) is 7.25. The van der Waals surface area contributed by atoms with Crippen LogP contribution in [0.4, 0.5) is 25.8 Å². The lowest BCUT2D eigenvalue weighted by Crippen LogP contribution is -1.84. The summed E-state index contributed by atoms with van der Waals surface area (Å²) in [6, 6.07) is 10.2. The molecule has 2 aromatic carbocycles. The molecule has 0 spiro atoms. The zero-order valence-corrected chi connectivity index (χ0v) is 8.77. The van der Waals surface area contributed by atoms with E-state index < -0.39 is 17.3 Å². The standard InChI is InChI=1S/C12H9F2N3/c13-8-4-3-5-9(14)12(8)17-16-11-7-2-1-6-10(11)15/h1-7H,15H2/b17-16+. The van der Waals surface area contributed by atoms with Crippen LogP contribution in [0.25, 0.3) is 0 Å². The summed E-state index contributed by atoms with van der Waals surface area (Å²) >= 11 is 0. The Hall–Kier alpha value is -2.30. The van der Waals surface area contributed by atoms with Gasteiger partial charge in [0.05, 0.1) is 5.69 Å². The molecule has 2 rings (SSSR count). The van der Waals surface area contributed by atoms with Crippen LogP contribution in [0, 0.1) is 11.6 Å². The monoisotopic (exact) mass is 233 g/mol. The van der Waals surface area contributed by atoms with Crippen LogP contribution >= 0.6 is 0 Å². The number of anilines is 1. The van der Waals surface area contributed by atoms with E-state index in [0.29, 0.717) is 11.4 Å². The van der Waals surface area contributed by atoms with Gasteiger partial charge in [-0.05, 0) is 24.3 Å². The smallest absolute Gasteiger partial charge is 0.157 e. The minimum atomic E-state index is -0.761. The summed E-state index contributed by atoms with van der Waals surface area (Å²) in [4.78, 5) is 0. The van der Waals surface area contributed by atoms with Gasteiger partial charge in [-0.3, -0.25) is 0 Å². The molecule has 2 N–H and O–H groups in total. The summed E-state index contributed by atoms with van der Waals surface area (Å²) in [5.74, 6) is -1.52. The highest BCUT2D eigenvalue weighted by Crippen LogP contribution is 2.26. The maximum atomic E-state index is 13.2. The minimum Gasteiger partial charge on any atom is -0.397 e. The number of hydrogen-bond acceptors (Lipinski definition) is 3. The third-order valence-electron chi connectivity index (χ3n) is 2.13. The highest BCUT2D eigenvalue weighted by Gasteiger charge is 2.06. The van der Waals surface area contributed by atoms with E-state index in [4.69, 9.17) is 5.73 Å². The van der Waals surface area contributed by atoms with Gasteiger partial charge in [-0.1, -0.05) is 18.2 Å². The van der Waals surface area contributed by atoms with Crippen molar-refractivity contribution < 1.29 is 8.78 Å². The van der Waals surface area contributed by atoms with Gasteiger partial charge >= 0.3 is 0 Å². The zero-order valence-electron chi connectivity index (χ0n) is 8.77. The molecule has 0 radical (unpaired) electrons. The van der Waals surface area contributed by atoms with Crippen molar-refractivity contribution in [2.75, 3.05) is 5.73 Å². The average molecular weight is 233 g/mol. The van der Waals surface area contributed by atoms with Gasteiger partial charge in [0.2, 0.25) is 0 Å². The SMILES string of the molecule is Nc1ccccc1/N=N/c1c(F)cccc1F. The average Bonchev–Trinajstić information content (AvgIpc) is 2.30. The van der Waals surface area contributed by atoms with Crippen LogP contribution in [0.5, 0.6) is 0 Å². The Morgan fingerprint density at radius 1 is 0.824 bits per heavy atom. The largest absolute Gasteiger partial charge is 0.397 e. The van der Waals surface area contributed by atoms with Gasteiger partial charge in [0.15, 0.2) is 17.3 Å². The Morgan fingerprint density at radius 3 is 2.12 bits per heavy atom. The maximum Gasteiger partial charge on any atom is 0.157 e. The molecule has 0 aromatic heterocycles. The first-order valence-electron chi connectivity index (χ1n) is 4.89. The molecule has 0 aliphatic rings. The highest BCUT2D eigenvalue weighted by atomic mass is 19.1. The van der Waals surface area contributed by atoms with Gasteiger partial charge in [-0.15, -0.1) is 10.2 Å². The number of azo groups is 1. The summed E-state index contributed by atoms with van der Waals surface area (Å²) in [5.41, 5.74) is 5.97. The van der Waals surface area contributed by atoms with Gasteiger partial charge < -0.3 is 5.73 Å². The third kappa shape index (κ3) is 2.44. The number of benzene rings is 2. The Labute approximate surface area is 96.6 Å². The normalized spacial score (nSPS) is 10.9. The van der Waals surface area contributed by atoms with E-state index in [-0.39, 0.29) is 0 Å². The van der Waals surface area contributed by atoms with Crippen molar-refractivity contribution in [1.29, 1.82) is 0 Å². The van der Waals surface area contributed by atoms with E-state index in [1.165, 1.54) is 6.07 Å². The molecule has 0 heterocycles. The number of nitrogens with two attached hydrogens (primary N) is 1. The van der Waals surface area contributed by atoms with Gasteiger partial charge in [-0.25, -0.2) is 8.78 Å². The Balaban J connectivity index is 2.36. The zero-order chi connectivity index (χ0) is 12.3. The van der Waals surface area contributed by atoms with Crippen LogP contribution in [0.1, 0.15) is 0 Å². The number of rotatable bonds is 2. The molecule has 0 bridgehead atoms. The van der Waals surface area contributed by atoms with Crippen molar-refractivity contribution in [3.8, 4) is 0 Å². The first kappa shape index (κ1) is 11.2. The van der Waals surface area contributed by atoms with E-state index in [2.05, 4.69) is 10.2 Å². The molecular weight excluding hydrogens is 224 g/mol. The molecule has 0 amide bonds. The quantitative estimate of drug-likeness (QED) is 0.619. The van der Waals surface area contributed by atoms with Crippen LogP contribution in [0.3, 0.4) is 0 Å². The summed E-state index contributed by atoms with van der Waals surface area (Å²) in [6.45, 7) is 0. The molecule has 0 saturated carbocycles. The van der Waals surface area contributed by atoms with Crippen molar-refractivity contribution in [3.63, 3.8) is 0 Å². The van der Waals surface area contributed by atoms with E-state index in [1.54, 1.807) is 24.3 Å². The van der Waals surface area contributed by atoms with Gasteiger partial charge in [0.25, 0.3) is 0 Å². The van der Waals surface area contributed by atoms with Crippen LogP contribution in [-0.2, 0) is 0 Å². The van der Waals surface area contributed by atoms with E-state index in [0.717, 1.165) is 12.1 Å². The molecule has 5 heteroatoms. The lowest BCUT2D eigenvalue weighted by Gasteiger charge is -1.99. The van der Waals surface area contributed by atoms with Crippen molar-refractivity contribution in [2.45, 2.75) is 0 Å². The van der Waals surface area contributed by atoms with Crippen molar-refractivity contribution in [2.24, 2.45) is 10.2 Å². The fourth-order valence-corrected chi connectivity index (χ4v) is 1.27. The lowest BCUT2D eigenvalue weighted by molar-refractivity contribution is 0.585. The second-order valence-corrected chi connectivity index (χ2v) is 3.33. The number of halogens is 2. The molecule has 0 unspecified atom stereocenters. The van der Waals surface area contributed by atoms with Crippen LogP contribution < -0.4 is 5.73 Å². The van der Waals surface area contributed by atoms with Gasteiger partial charge in [-0.2, -0.15) is 0 Å². The fourth-order valence-electron chi connectivity index (χ4n) is 1.27. The molecule has 2 aromatic rings. The lowest BCUT2D eigenvalue weighted by atomic mass is 10.3. The number of hydrogen-bond donors (Lipinski definition) is 1. The van der Waals surface area contributed by atoms with Crippen LogP contribution in [-0.4, -0.2) is 0 Å². The number of nitrogen functional groups attached to an aromatic ring is 1. The first-order valence-corrected chi connectivity index (χ1v) is 4.89. The second kappa shape index (κ2) is 4.69. The molecule has 0 aliphatic carbocycles. The van der Waals surface area contributed by atoms with E-state index in [1.807, 2.05) is 0 Å². The molecular formula is C12H9F2N3. The summed E-state index contributed by atoms with van der Waals surface area (Å²) in [6.07, 6.45) is 0. The predicted molar refractivity (Wildman–Crippen MR) is 61.4 cm³/mol. The minimum absolute atomic E-state index is 0.371. The number of para-hydroxylation sites is 1. The van der Waals surface area contributed by atoms with E-state index in [9.17, 15) is 8.78 Å². The van der Waals surface area contributed by atoms with Crippen LogP contribution in [0.15, 0.2) is 52.7 Å². The molecule has 3 nitrogen and oxygen atoms in total.